The molecular formula is C41H54N4O6. The molecule has 274 valence electrons. The highest BCUT2D eigenvalue weighted by Gasteiger charge is 2.56. The van der Waals surface area contributed by atoms with Crippen molar-refractivity contribution in [2.45, 2.75) is 122 Å². The zero-order valence-corrected chi connectivity index (χ0v) is 31.3. The van der Waals surface area contributed by atoms with Crippen molar-refractivity contribution in [3.05, 3.63) is 72.8 Å². The maximum atomic E-state index is 14.1. The SMILES string of the molecule is CC1(C)CC(OC(=O)C2C3C=CC(C3)C2C(=O)OC2CC(C)(C)N(C(=O)Nc3ccccc3)C(C)(C)C2)CC(C)(C)N1C(=O)Nc1ccccc1. The Labute approximate surface area is 302 Å². The van der Waals surface area contributed by atoms with Crippen LogP contribution >= 0.6 is 0 Å². The summed E-state index contributed by atoms with van der Waals surface area (Å²) in [7, 11) is 0. The smallest absolute Gasteiger partial charge is 0.322 e. The maximum absolute atomic E-state index is 14.1. The van der Waals surface area contributed by atoms with E-state index in [0.29, 0.717) is 32.1 Å². The third-order valence-corrected chi connectivity index (χ3v) is 11.4. The zero-order chi connectivity index (χ0) is 36.9. The van der Waals surface area contributed by atoms with Gasteiger partial charge in [-0.05, 0) is 97.9 Å². The number of nitrogens with zero attached hydrogens (tertiary/aromatic N) is 2. The number of hydrogen-bond donors (Lipinski definition) is 2. The van der Waals surface area contributed by atoms with Gasteiger partial charge in [0.05, 0.1) is 11.8 Å². The second-order valence-corrected chi connectivity index (χ2v) is 17.4. The third-order valence-electron chi connectivity index (χ3n) is 11.4. The molecule has 2 aromatic carbocycles. The predicted molar refractivity (Wildman–Crippen MR) is 197 cm³/mol. The number of fused-ring (bicyclic) bond motifs is 2. The highest BCUT2D eigenvalue weighted by Crippen LogP contribution is 2.51. The molecule has 2 heterocycles. The van der Waals surface area contributed by atoms with Gasteiger partial charge in [-0.2, -0.15) is 0 Å². The van der Waals surface area contributed by atoms with Gasteiger partial charge in [-0.25, -0.2) is 9.59 Å². The van der Waals surface area contributed by atoms with E-state index < -0.39 is 46.2 Å². The lowest BCUT2D eigenvalue weighted by atomic mass is 9.77. The van der Waals surface area contributed by atoms with Crippen LogP contribution in [-0.4, -0.2) is 68.2 Å². The van der Waals surface area contributed by atoms with Crippen LogP contribution in [-0.2, 0) is 19.1 Å². The van der Waals surface area contributed by atoms with Gasteiger partial charge >= 0.3 is 24.0 Å². The van der Waals surface area contributed by atoms with Crippen molar-refractivity contribution in [2.75, 3.05) is 10.6 Å². The summed E-state index contributed by atoms with van der Waals surface area (Å²) in [6, 6.07) is 18.3. The summed E-state index contributed by atoms with van der Waals surface area (Å²) in [4.78, 5) is 58.9. The number of hydrogen-bond acceptors (Lipinski definition) is 6. The van der Waals surface area contributed by atoms with Crippen LogP contribution in [0, 0.1) is 23.7 Å². The Balaban J connectivity index is 1.11. The molecule has 2 saturated heterocycles. The Morgan fingerprint density at radius 3 is 1.18 bits per heavy atom. The molecule has 51 heavy (non-hydrogen) atoms. The van der Waals surface area contributed by atoms with Crippen LogP contribution in [0.1, 0.15) is 87.5 Å². The lowest BCUT2D eigenvalue weighted by Gasteiger charge is -2.54. The standard InChI is InChI=1S/C41H54N4O6/c1-38(2)22-30(23-39(3,4)44(38)36(48)42-28-15-11-9-12-16-28)50-34(46)32-26-19-20-27(21-26)33(32)35(47)51-31-24-40(5,6)45(41(7,8)25-31)37(49)43-29-17-13-10-14-18-29/h9-20,26-27,30-33H,21-25H2,1-8H3,(H,42,48)(H,43,49). The first kappa shape index (κ1) is 36.5. The highest BCUT2D eigenvalue weighted by molar-refractivity contribution is 5.91. The second-order valence-electron chi connectivity index (χ2n) is 17.4. The number of urea groups is 2. The first-order valence-electron chi connectivity index (χ1n) is 18.3. The summed E-state index contributed by atoms with van der Waals surface area (Å²) in [5.41, 5.74) is -0.987. The monoisotopic (exact) mass is 698 g/mol. The van der Waals surface area contributed by atoms with Gasteiger partial charge in [-0.3, -0.25) is 9.59 Å². The van der Waals surface area contributed by atoms with Crippen LogP contribution in [0.15, 0.2) is 72.8 Å². The molecule has 4 unspecified atom stereocenters. The van der Waals surface area contributed by atoms with E-state index in [9.17, 15) is 19.2 Å². The third kappa shape index (κ3) is 7.37. The summed E-state index contributed by atoms with van der Waals surface area (Å²) >= 11 is 0. The molecule has 2 aliphatic heterocycles. The lowest BCUT2D eigenvalue weighted by Crippen LogP contribution is -2.65. The number of carbonyl (C=O) groups excluding carboxylic acids is 4. The van der Waals surface area contributed by atoms with Crippen molar-refractivity contribution in [2.24, 2.45) is 23.7 Å². The molecule has 4 aliphatic rings. The number of piperidine rings is 2. The molecule has 2 aliphatic carbocycles. The fourth-order valence-electron chi connectivity index (χ4n) is 10.00. The van der Waals surface area contributed by atoms with E-state index >= 15 is 0 Å². The number of likely N-dealkylation sites (tertiary alicyclic amines) is 2. The van der Waals surface area contributed by atoms with Crippen LogP contribution in [0.4, 0.5) is 21.0 Å². The van der Waals surface area contributed by atoms with Crippen molar-refractivity contribution >= 4 is 35.4 Å². The second kappa shape index (κ2) is 13.3. The highest BCUT2D eigenvalue weighted by atomic mass is 16.6. The molecule has 2 aromatic rings. The van der Waals surface area contributed by atoms with Gasteiger partial charge in [-0.15, -0.1) is 0 Å². The van der Waals surface area contributed by atoms with E-state index in [1.165, 1.54) is 0 Å². The summed E-state index contributed by atoms with van der Waals surface area (Å²) in [6.45, 7) is 16.0. The van der Waals surface area contributed by atoms with E-state index in [0.717, 1.165) is 11.4 Å². The van der Waals surface area contributed by atoms with Crippen LogP contribution in [0.25, 0.3) is 0 Å². The average Bonchev–Trinajstić information content (AvgIpc) is 3.62. The summed E-state index contributed by atoms with van der Waals surface area (Å²) in [5, 5.41) is 6.04. The molecule has 2 bridgehead atoms. The number of para-hydroxylation sites is 2. The summed E-state index contributed by atoms with van der Waals surface area (Å²) in [5.74, 6) is -2.18. The number of rotatable bonds is 6. The van der Waals surface area contributed by atoms with Gasteiger partial charge in [0, 0.05) is 59.2 Å². The number of ether oxygens (including phenoxy) is 2. The van der Waals surface area contributed by atoms with Gasteiger partial charge in [0.15, 0.2) is 0 Å². The minimum atomic E-state index is -0.629. The molecule has 0 spiro atoms. The van der Waals surface area contributed by atoms with Gasteiger partial charge in [0.1, 0.15) is 12.2 Å². The lowest BCUT2D eigenvalue weighted by molar-refractivity contribution is -0.175. The molecule has 0 aromatic heterocycles. The van der Waals surface area contributed by atoms with Crippen LogP contribution in [0.5, 0.6) is 0 Å². The fraction of sp³-hybridized carbons (Fsp3) is 0.561. The van der Waals surface area contributed by atoms with Crippen LogP contribution in [0.2, 0.25) is 0 Å². The topological polar surface area (TPSA) is 117 Å². The van der Waals surface area contributed by atoms with E-state index in [2.05, 4.69) is 10.6 Å². The fourth-order valence-corrected chi connectivity index (χ4v) is 10.00. The number of nitrogens with one attached hydrogen (secondary N) is 2. The molecule has 3 fully saturated rings. The van der Waals surface area contributed by atoms with E-state index in [1.54, 1.807) is 0 Å². The molecule has 0 radical (unpaired) electrons. The first-order chi connectivity index (χ1) is 23.9. The molecule has 10 heteroatoms. The van der Waals surface area contributed by atoms with Crippen LogP contribution in [0.3, 0.4) is 0 Å². The molecule has 1 saturated carbocycles. The van der Waals surface area contributed by atoms with E-state index in [1.807, 2.05) is 138 Å². The van der Waals surface area contributed by atoms with Gasteiger partial charge in [0.2, 0.25) is 0 Å². The Morgan fingerprint density at radius 1 is 0.549 bits per heavy atom. The first-order valence-corrected chi connectivity index (χ1v) is 18.3. The van der Waals surface area contributed by atoms with E-state index in [-0.39, 0.29) is 35.8 Å². The Bertz CT molecular complexity index is 1510. The van der Waals surface area contributed by atoms with Crippen molar-refractivity contribution in [3.63, 3.8) is 0 Å². The normalized spacial score (nSPS) is 27.5. The van der Waals surface area contributed by atoms with Crippen molar-refractivity contribution in [1.29, 1.82) is 0 Å². The minimum absolute atomic E-state index is 0.0887. The Morgan fingerprint density at radius 2 is 0.863 bits per heavy atom. The van der Waals surface area contributed by atoms with Gasteiger partial charge < -0.3 is 29.9 Å². The van der Waals surface area contributed by atoms with Gasteiger partial charge in [0.25, 0.3) is 0 Å². The maximum Gasteiger partial charge on any atom is 0.322 e. The molecular weight excluding hydrogens is 644 g/mol. The predicted octanol–water partition coefficient (Wildman–Crippen LogP) is 8.02. The summed E-state index contributed by atoms with van der Waals surface area (Å²) in [6.07, 6.45) is 5.83. The molecule has 6 rings (SSSR count). The molecule has 4 amide bonds. The number of anilines is 2. The number of esters is 2. The largest absolute Gasteiger partial charge is 0.462 e. The van der Waals surface area contributed by atoms with Crippen molar-refractivity contribution < 1.29 is 28.7 Å². The number of amides is 4. The van der Waals surface area contributed by atoms with Crippen molar-refractivity contribution in [3.8, 4) is 0 Å². The number of benzene rings is 2. The van der Waals surface area contributed by atoms with Crippen molar-refractivity contribution in [1.82, 2.24) is 9.80 Å². The quantitative estimate of drug-likeness (QED) is 0.233. The Kier molecular flexibility index (Phi) is 9.53. The average molecular weight is 699 g/mol. The number of allylic oxidation sites excluding steroid dienone is 2. The molecule has 2 N–H and O–H groups in total. The van der Waals surface area contributed by atoms with Gasteiger partial charge in [-0.1, -0.05) is 48.6 Å². The summed E-state index contributed by atoms with van der Waals surface area (Å²) < 4.78 is 12.6. The van der Waals surface area contributed by atoms with E-state index in [4.69, 9.17) is 9.47 Å². The molecule has 4 atom stereocenters. The Hall–Kier alpha value is -4.34. The number of carbonyl (C=O) groups is 4. The molecule has 10 nitrogen and oxygen atoms in total. The zero-order valence-electron chi connectivity index (χ0n) is 31.3. The van der Waals surface area contributed by atoms with Crippen LogP contribution < -0.4 is 10.6 Å². The minimum Gasteiger partial charge on any atom is -0.462 e.